The van der Waals surface area contributed by atoms with Crippen molar-refractivity contribution >= 4 is 0 Å². The van der Waals surface area contributed by atoms with Crippen LogP contribution >= 0.6 is 0 Å². The van der Waals surface area contributed by atoms with Crippen molar-refractivity contribution in [3.63, 3.8) is 0 Å². The Morgan fingerprint density at radius 3 is 2.93 bits per heavy atom. The third-order valence-corrected chi connectivity index (χ3v) is 2.97. The van der Waals surface area contributed by atoms with Crippen molar-refractivity contribution in [2.45, 2.75) is 25.7 Å². The van der Waals surface area contributed by atoms with Gasteiger partial charge in [-0.1, -0.05) is 6.07 Å². The zero-order valence-electron chi connectivity index (χ0n) is 8.52. The van der Waals surface area contributed by atoms with Gasteiger partial charge in [0.1, 0.15) is 5.82 Å². The number of nitrogens with one attached hydrogen (secondary N) is 1. The Kier molecular flexibility index (Phi) is 2.82. The molecule has 2 heteroatoms. The molecule has 1 nitrogen and oxygen atoms in total. The quantitative estimate of drug-likeness (QED) is 0.723. The number of aryl methyl sites for hydroxylation is 1. The number of hydrogen-bond acceptors (Lipinski definition) is 1. The van der Waals surface area contributed by atoms with Gasteiger partial charge in [-0.05, 0) is 55.5 Å². The minimum Gasteiger partial charge on any atom is -0.316 e. The molecule has 0 radical (unpaired) electrons. The summed E-state index contributed by atoms with van der Waals surface area (Å²) in [7, 11) is 0. The van der Waals surface area contributed by atoms with Crippen molar-refractivity contribution in [2.24, 2.45) is 0 Å². The molecule has 1 atom stereocenters. The van der Waals surface area contributed by atoms with E-state index in [4.69, 9.17) is 0 Å². The van der Waals surface area contributed by atoms with Crippen LogP contribution in [0.3, 0.4) is 0 Å². The SMILES string of the molecule is Cc1cc(F)ccc1[C@@H]1CCCNC1. The third kappa shape index (κ3) is 1.95. The maximum atomic E-state index is 12.9. The Hall–Kier alpha value is -0.890. The summed E-state index contributed by atoms with van der Waals surface area (Å²) in [6.45, 7) is 4.15. The summed E-state index contributed by atoms with van der Waals surface area (Å²) in [5.41, 5.74) is 2.39. The molecule has 0 aliphatic carbocycles. The largest absolute Gasteiger partial charge is 0.316 e. The zero-order chi connectivity index (χ0) is 9.97. The van der Waals surface area contributed by atoms with Gasteiger partial charge in [0, 0.05) is 6.54 Å². The summed E-state index contributed by atoms with van der Waals surface area (Å²) in [6.07, 6.45) is 2.45. The molecule has 1 aliphatic rings. The van der Waals surface area contributed by atoms with Gasteiger partial charge >= 0.3 is 0 Å². The van der Waals surface area contributed by atoms with Crippen LogP contribution in [0.5, 0.6) is 0 Å². The predicted molar refractivity (Wildman–Crippen MR) is 56.0 cm³/mol. The van der Waals surface area contributed by atoms with Gasteiger partial charge in [0.15, 0.2) is 0 Å². The van der Waals surface area contributed by atoms with Crippen molar-refractivity contribution in [1.29, 1.82) is 0 Å². The van der Waals surface area contributed by atoms with Gasteiger partial charge < -0.3 is 5.32 Å². The van der Waals surface area contributed by atoms with Crippen LogP contribution in [0.25, 0.3) is 0 Å². The first-order valence-corrected chi connectivity index (χ1v) is 5.24. The van der Waals surface area contributed by atoms with Gasteiger partial charge in [0.05, 0.1) is 0 Å². The molecule has 1 aliphatic heterocycles. The molecule has 1 aromatic rings. The average Bonchev–Trinajstić information content (AvgIpc) is 2.19. The number of rotatable bonds is 1. The molecule has 76 valence electrons. The summed E-state index contributed by atoms with van der Waals surface area (Å²) in [4.78, 5) is 0. The standard InChI is InChI=1S/C12H16FN/c1-9-7-11(13)4-5-12(9)10-3-2-6-14-8-10/h4-5,7,10,14H,2-3,6,8H2,1H3/t10-/m1/s1. The van der Waals surface area contributed by atoms with E-state index in [9.17, 15) is 4.39 Å². The van der Waals surface area contributed by atoms with Gasteiger partial charge in [0.25, 0.3) is 0 Å². The van der Waals surface area contributed by atoms with E-state index in [1.54, 1.807) is 12.1 Å². The van der Waals surface area contributed by atoms with E-state index in [0.29, 0.717) is 5.92 Å². The number of halogens is 1. The van der Waals surface area contributed by atoms with Crippen molar-refractivity contribution in [3.05, 3.63) is 35.1 Å². The van der Waals surface area contributed by atoms with Crippen molar-refractivity contribution in [3.8, 4) is 0 Å². The highest BCUT2D eigenvalue weighted by atomic mass is 19.1. The lowest BCUT2D eigenvalue weighted by molar-refractivity contribution is 0.460. The van der Waals surface area contributed by atoms with Crippen molar-refractivity contribution < 1.29 is 4.39 Å². The molecule has 0 saturated carbocycles. The topological polar surface area (TPSA) is 12.0 Å². The molecule has 1 saturated heterocycles. The highest BCUT2D eigenvalue weighted by Gasteiger charge is 2.16. The molecule has 0 unspecified atom stereocenters. The molecule has 0 aromatic heterocycles. The molecule has 1 aromatic carbocycles. The lowest BCUT2D eigenvalue weighted by Crippen LogP contribution is -2.28. The Morgan fingerprint density at radius 1 is 1.43 bits per heavy atom. The van der Waals surface area contributed by atoms with Crippen LogP contribution in [-0.2, 0) is 0 Å². The highest BCUT2D eigenvalue weighted by molar-refractivity contribution is 5.30. The molecule has 0 bridgehead atoms. The van der Waals surface area contributed by atoms with Crippen LogP contribution in [-0.4, -0.2) is 13.1 Å². The molecule has 0 spiro atoms. The third-order valence-electron chi connectivity index (χ3n) is 2.97. The summed E-state index contributed by atoms with van der Waals surface area (Å²) in [6, 6.07) is 5.13. The lowest BCUT2D eigenvalue weighted by atomic mass is 9.89. The van der Waals surface area contributed by atoms with Gasteiger partial charge in [-0.15, -0.1) is 0 Å². The summed E-state index contributed by atoms with van der Waals surface area (Å²) in [5, 5.41) is 3.38. The van der Waals surface area contributed by atoms with E-state index in [0.717, 1.165) is 18.7 Å². The molecule has 14 heavy (non-hydrogen) atoms. The van der Waals surface area contributed by atoms with E-state index >= 15 is 0 Å². The summed E-state index contributed by atoms with van der Waals surface area (Å²) in [5.74, 6) is 0.444. The summed E-state index contributed by atoms with van der Waals surface area (Å²) < 4.78 is 12.9. The fourth-order valence-corrected chi connectivity index (χ4v) is 2.21. The number of piperidine rings is 1. The molecule has 1 fully saturated rings. The monoisotopic (exact) mass is 193 g/mol. The Morgan fingerprint density at radius 2 is 2.29 bits per heavy atom. The van der Waals surface area contributed by atoms with Gasteiger partial charge in [-0.3, -0.25) is 0 Å². The first kappa shape index (κ1) is 9.66. The fourth-order valence-electron chi connectivity index (χ4n) is 2.21. The first-order chi connectivity index (χ1) is 6.77. The maximum absolute atomic E-state index is 12.9. The van der Waals surface area contributed by atoms with Crippen LogP contribution in [0.15, 0.2) is 18.2 Å². The van der Waals surface area contributed by atoms with Gasteiger partial charge in [0.2, 0.25) is 0 Å². The zero-order valence-corrected chi connectivity index (χ0v) is 8.52. The van der Waals surface area contributed by atoms with Crippen LogP contribution in [0.1, 0.15) is 29.9 Å². The minimum atomic E-state index is -0.130. The number of benzene rings is 1. The molecule has 0 amide bonds. The van der Waals surface area contributed by atoms with E-state index in [2.05, 4.69) is 5.32 Å². The van der Waals surface area contributed by atoms with Crippen molar-refractivity contribution in [1.82, 2.24) is 5.32 Å². The van der Waals surface area contributed by atoms with Crippen molar-refractivity contribution in [2.75, 3.05) is 13.1 Å². The van der Waals surface area contributed by atoms with E-state index in [-0.39, 0.29) is 5.82 Å². The normalized spacial score (nSPS) is 22.3. The van der Waals surface area contributed by atoms with E-state index in [1.807, 2.05) is 13.0 Å². The highest BCUT2D eigenvalue weighted by Crippen LogP contribution is 2.26. The predicted octanol–water partition coefficient (Wildman–Crippen LogP) is 2.60. The molecule has 2 rings (SSSR count). The maximum Gasteiger partial charge on any atom is 0.123 e. The van der Waals surface area contributed by atoms with E-state index < -0.39 is 0 Å². The average molecular weight is 193 g/mol. The molecule has 1 heterocycles. The summed E-state index contributed by atoms with van der Waals surface area (Å²) >= 11 is 0. The second-order valence-electron chi connectivity index (χ2n) is 4.04. The minimum absolute atomic E-state index is 0.130. The molecule has 1 N–H and O–H groups in total. The fraction of sp³-hybridized carbons (Fsp3) is 0.500. The molecular weight excluding hydrogens is 177 g/mol. The second-order valence-corrected chi connectivity index (χ2v) is 4.04. The van der Waals surface area contributed by atoms with Crippen LogP contribution in [0.4, 0.5) is 4.39 Å². The Balaban J connectivity index is 2.22. The Labute approximate surface area is 84.3 Å². The lowest BCUT2D eigenvalue weighted by Gasteiger charge is -2.24. The number of hydrogen-bond donors (Lipinski definition) is 1. The van der Waals surface area contributed by atoms with Crippen LogP contribution in [0, 0.1) is 12.7 Å². The second kappa shape index (κ2) is 4.09. The van der Waals surface area contributed by atoms with Crippen LogP contribution < -0.4 is 5.32 Å². The van der Waals surface area contributed by atoms with Gasteiger partial charge in [-0.25, -0.2) is 4.39 Å². The smallest absolute Gasteiger partial charge is 0.123 e. The first-order valence-electron chi connectivity index (χ1n) is 5.24. The van der Waals surface area contributed by atoms with E-state index in [1.165, 1.54) is 18.4 Å². The van der Waals surface area contributed by atoms with Gasteiger partial charge in [-0.2, -0.15) is 0 Å². The molecular formula is C12H16FN. The van der Waals surface area contributed by atoms with Crippen LogP contribution in [0.2, 0.25) is 0 Å². The Bertz CT molecular complexity index is 316.